The lowest BCUT2D eigenvalue weighted by molar-refractivity contribution is -0.136. The van der Waals surface area contributed by atoms with E-state index >= 15 is 0 Å². The molecule has 0 fully saturated rings. The molecule has 106 valence electrons. The van der Waals surface area contributed by atoms with Gasteiger partial charge in [-0.05, 0) is 29.7 Å². The number of halogens is 1. The molecule has 1 amide bonds. The number of carbonyl (C=O) groups excluding carboxylic acids is 1. The van der Waals surface area contributed by atoms with Gasteiger partial charge < -0.3 is 9.84 Å². The number of fused-ring (bicyclic) bond motifs is 1. The number of anilines is 1. The van der Waals surface area contributed by atoms with Gasteiger partial charge in [0.2, 0.25) is 5.91 Å². The third kappa shape index (κ3) is 3.02. The van der Waals surface area contributed by atoms with Crippen molar-refractivity contribution >= 4 is 49.9 Å². The Hall–Kier alpha value is -1.79. The molecule has 0 atom stereocenters. The Kier molecular flexibility index (Phi) is 4.46. The van der Waals surface area contributed by atoms with Gasteiger partial charge in [0.15, 0.2) is 0 Å². The number of hydrogen-bond acceptors (Lipinski definition) is 4. The monoisotopic (exact) mass is 313 g/mol. The van der Waals surface area contributed by atoms with Crippen LogP contribution in [-0.4, -0.2) is 36.5 Å². The molecule has 0 aliphatic heterocycles. The van der Waals surface area contributed by atoms with Crippen molar-refractivity contribution in [3.05, 3.63) is 24.3 Å². The van der Waals surface area contributed by atoms with Gasteiger partial charge in [-0.25, -0.2) is 0 Å². The van der Waals surface area contributed by atoms with Gasteiger partial charge >= 0.3 is 5.97 Å². The van der Waals surface area contributed by atoms with Crippen LogP contribution < -0.4 is 9.64 Å². The Morgan fingerprint density at radius 3 is 2.75 bits per heavy atom. The second kappa shape index (κ2) is 6.11. The van der Waals surface area contributed by atoms with Crippen molar-refractivity contribution < 1.29 is 19.4 Å². The van der Waals surface area contributed by atoms with Crippen LogP contribution in [0, 0.1) is 0 Å². The quantitative estimate of drug-likeness (QED) is 0.862. The molecule has 7 heteroatoms. The number of carboxylic acid groups (broad SMARTS) is 1. The fourth-order valence-corrected chi connectivity index (χ4v) is 2.97. The van der Waals surface area contributed by atoms with E-state index in [9.17, 15) is 9.59 Å². The Morgan fingerprint density at radius 2 is 2.15 bits per heavy atom. The molecule has 0 saturated heterocycles. The smallest absolute Gasteiger partial charge is 0.323 e. The second-order valence-corrected chi connectivity index (χ2v) is 5.33. The van der Waals surface area contributed by atoms with Gasteiger partial charge in [0.1, 0.15) is 18.2 Å². The van der Waals surface area contributed by atoms with Gasteiger partial charge in [-0.1, -0.05) is 0 Å². The predicted octanol–water partition coefficient (Wildman–Crippen LogP) is 2.57. The molecule has 0 saturated carbocycles. The van der Waals surface area contributed by atoms with Gasteiger partial charge in [-0.3, -0.25) is 14.5 Å². The number of aliphatic carboxylic acids is 1. The predicted molar refractivity (Wildman–Crippen MR) is 79.1 cm³/mol. The van der Waals surface area contributed by atoms with Crippen LogP contribution in [0.3, 0.4) is 0 Å². The fraction of sp³-hybridized carbons (Fsp3) is 0.231. The lowest BCUT2D eigenvalue weighted by Crippen LogP contribution is -2.35. The van der Waals surface area contributed by atoms with Crippen molar-refractivity contribution in [2.45, 2.75) is 0 Å². The molecular formula is C13H12ClNO4S. The molecular weight excluding hydrogens is 302 g/mol. The van der Waals surface area contributed by atoms with Gasteiger partial charge in [-0.15, -0.1) is 22.9 Å². The fourth-order valence-electron chi connectivity index (χ4n) is 1.76. The number of benzene rings is 1. The summed E-state index contributed by atoms with van der Waals surface area (Å²) in [6.45, 7) is -0.407. The van der Waals surface area contributed by atoms with Crippen LogP contribution in [0.1, 0.15) is 0 Å². The van der Waals surface area contributed by atoms with Crippen molar-refractivity contribution in [2.24, 2.45) is 0 Å². The topological polar surface area (TPSA) is 66.8 Å². The molecule has 5 nitrogen and oxygen atoms in total. The Balaban J connectivity index is 2.42. The van der Waals surface area contributed by atoms with E-state index in [2.05, 4.69) is 0 Å². The largest absolute Gasteiger partial charge is 0.497 e. The third-order valence-corrected chi connectivity index (χ3v) is 4.05. The Labute approximate surface area is 124 Å². The van der Waals surface area contributed by atoms with E-state index in [-0.39, 0.29) is 5.88 Å². The molecule has 0 bridgehead atoms. The van der Waals surface area contributed by atoms with Crippen LogP contribution in [0.15, 0.2) is 24.3 Å². The van der Waals surface area contributed by atoms with Crippen molar-refractivity contribution in [3.63, 3.8) is 0 Å². The summed E-state index contributed by atoms with van der Waals surface area (Å²) >= 11 is 6.86. The Bertz CT molecular complexity index is 655. The van der Waals surface area contributed by atoms with Gasteiger partial charge in [0.25, 0.3) is 0 Å². The zero-order valence-corrected chi connectivity index (χ0v) is 12.2. The summed E-state index contributed by atoms with van der Waals surface area (Å²) in [5, 5.41) is 10.3. The number of methoxy groups -OCH3 is 1. The summed E-state index contributed by atoms with van der Waals surface area (Å²) in [5.41, 5.74) is 0. The number of nitrogens with zero attached hydrogens (tertiary/aromatic N) is 1. The molecule has 0 aliphatic rings. The van der Waals surface area contributed by atoms with Gasteiger partial charge in [0.05, 0.1) is 12.1 Å². The highest BCUT2D eigenvalue weighted by Gasteiger charge is 2.20. The molecule has 20 heavy (non-hydrogen) atoms. The highest BCUT2D eigenvalue weighted by atomic mass is 35.5. The number of alkyl halides is 1. The maximum Gasteiger partial charge on any atom is 0.323 e. The molecule has 2 rings (SSSR count). The number of amides is 1. The zero-order valence-electron chi connectivity index (χ0n) is 10.6. The summed E-state index contributed by atoms with van der Waals surface area (Å²) in [5.74, 6) is -1.08. The van der Waals surface area contributed by atoms with Crippen LogP contribution in [0.2, 0.25) is 0 Å². The molecule has 1 aromatic heterocycles. The van der Waals surface area contributed by atoms with E-state index in [1.54, 1.807) is 13.2 Å². The lowest BCUT2D eigenvalue weighted by Gasteiger charge is -2.17. The second-order valence-electron chi connectivity index (χ2n) is 4.00. The summed E-state index contributed by atoms with van der Waals surface area (Å²) in [7, 11) is 1.57. The minimum atomic E-state index is -1.08. The number of carboxylic acids is 1. The number of carbonyl (C=O) groups is 2. The summed E-state index contributed by atoms with van der Waals surface area (Å²) < 4.78 is 6.08. The summed E-state index contributed by atoms with van der Waals surface area (Å²) in [6.07, 6.45) is 0. The number of ether oxygens (including phenoxy) is 1. The van der Waals surface area contributed by atoms with Crippen LogP contribution in [-0.2, 0) is 9.59 Å². The van der Waals surface area contributed by atoms with Crippen molar-refractivity contribution in [1.29, 1.82) is 0 Å². The lowest BCUT2D eigenvalue weighted by atomic mass is 10.2. The zero-order chi connectivity index (χ0) is 14.7. The standard InChI is InChI=1S/C13H12ClNO4S/c1-19-9-2-3-10-8(4-9)5-12(20-10)15(7-13(17)18)11(16)6-14/h2-5H,6-7H2,1H3,(H,17,18). The van der Waals surface area contributed by atoms with Crippen LogP contribution in [0.25, 0.3) is 10.1 Å². The van der Waals surface area contributed by atoms with Crippen molar-refractivity contribution in [3.8, 4) is 5.75 Å². The van der Waals surface area contributed by atoms with E-state index in [1.807, 2.05) is 18.2 Å². The molecule has 1 heterocycles. The van der Waals surface area contributed by atoms with E-state index in [4.69, 9.17) is 21.4 Å². The summed E-state index contributed by atoms with van der Waals surface area (Å²) in [4.78, 5) is 23.8. The summed E-state index contributed by atoms with van der Waals surface area (Å²) in [6, 6.07) is 7.27. The highest BCUT2D eigenvalue weighted by Crippen LogP contribution is 2.34. The molecule has 1 N–H and O–H groups in total. The van der Waals surface area contributed by atoms with E-state index < -0.39 is 18.4 Å². The Morgan fingerprint density at radius 1 is 1.40 bits per heavy atom. The first-order valence-corrected chi connectivity index (χ1v) is 7.06. The van der Waals surface area contributed by atoms with Crippen LogP contribution in [0.4, 0.5) is 5.00 Å². The van der Waals surface area contributed by atoms with Gasteiger partial charge in [-0.2, -0.15) is 0 Å². The first kappa shape index (κ1) is 14.6. The van der Waals surface area contributed by atoms with E-state index in [0.29, 0.717) is 10.8 Å². The molecule has 0 radical (unpaired) electrons. The number of thiophene rings is 1. The minimum Gasteiger partial charge on any atom is -0.497 e. The average Bonchev–Trinajstić information content (AvgIpc) is 2.85. The van der Waals surface area contributed by atoms with Crippen molar-refractivity contribution in [2.75, 3.05) is 24.4 Å². The first-order chi connectivity index (χ1) is 9.55. The minimum absolute atomic E-state index is 0.259. The molecule has 2 aromatic rings. The maximum atomic E-state index is 11.8. The normalized spacial score (nSPS) is 10.5. The average molecular weight is 314 g/mol. The van der Waals surface area contributed by atoms with Gasteiger partial charge in [0, 0.05) is 4.70 Å². The highest BCUT2D eigenvalue weighted by molar-refractivity contribution is 7.23. The third-order valence-electron chi connectivity index (χ3n) is 2.69. The van der Waals surface area contributed by atoms with Crippen molar-refractivity contribution in [1.82, 2.24) is 0 Å². The van der Waals surface area contributed by atoms with E-state index in [1.165, 1.54) is 16.2 Å². The SMILES string of the molecule is COc1ccc2sc(N(CC(=O)O)C(=O)CCl)cc2c1. The number of hydrogen-bond donors (Lipinski definition) is 1. The molecule has 0 aliphatic carbocycles. The van der Waals surface area contributed by atoms with Crippen LogP contribution >= 0.6 is 22.9 Å². The van der Waals surface area contributed by atoms with Crippen LogP contribution in [0.5, 0.6) is 5.75 Å². The molecule has 1 aromatic carbocycles. The van der Waals surface area contributed by atoms with E-state index in [0.717, 1.165) is 10.1 Å². The first-order valence-electron chi connectivity index (χ1n) is 5.71. The maximum absolute atomic E-state index is 11.8. The molecule has 0 spiro atoms. The number of rotatable bonds is 5. The molecule has 0 unspecified atom stereocenters.